The van der Waals surface area contributed by atoms with Crippen molar-refractivity contribution in [1.82, 2.24) is 0 Å². The summed E-state index contributed by atoms with van der Waals surface area (Å²) in [5.41, 5.74) is 0. The minimum absolute atomic E-state index is 0.644. The molecule has 0 amide bonds. The third-order valence-electron chi connectivity index (χ3n) is 0.935. The SMILES string of the molecule is C=CS/C=C\[Se]SCCCC. The van der Waals surface area contributed by atoms with Gasteiger partial charge in [-0.25, -0.2) is 0 Å². The normalized spacial score (nSPS) is 10.6. The molecule has 64 valence electrons. The Balaban J connectivity index is 2.94. The Morgan fingerprint density at radius 3 is 3.00 bits per heavy atom. The summed E-state index contributed by atoms with van der Waals surface area (Å²) in [6.07, 6.45) is 2.67. The van der Waals surface area contributed by atoms with Crippen LogP contribution in [0, 0.1) is 0 Å². The van der Waals surface area contributed by atoms with Crippen LogP contribution >= 0.6 is 21.9 Å². The average Bonchev–Trinajstić information content (AvgIpc) is 2.03. The second-order valence-electron chi connectivity index (χ2n) is 1.85. The molecule has 0 atom stereocenters. The van der Waals surface area contributed by atoms with E-state index in [4.69, 9.17) is 0 Å². The van der Waals surface area contributed by atoms with Gasteiger partial charge in [0.05, 0.1) is 0 Å². The standard InChI is InChI=1S/C8H14S2Se/c1-3-5-6-10-11-8-7-9-4-2/h4,7-8H,2-3,5-6H2,1H3/b8-7-. The predicted molar refractivity (Wildman–Crippen MR) is 60.0 cm³/mol. The molecule has 0 fully saturated rings. The molecule has 0 heterocycles. The Labute approximate surface area is 83.5 Å². The van der Waals surface area contributed by atoms with Crippen molar-refractivity contribution < 1.29 is 0 Å². The molecule has 0 aliphatic carbocycles. The van der Waals surface area contributed by atoms with Gasteiger partial charge in [-0.3, -0.25) is 0 Å². The third-order valence-corrected chi connectivity index (χ3v) is 5.40. The maximum atomic E-state index is 3.62. The molecule has 0 aromatic rings. The number of hydrogen-bond acceptors (Lipinski definition) is 2. The van der Waals surface area contributed by atoms with Crippen LogP contribution in [0.3, 0.4) is 0 Å². The first-order valence-electron chi connectivity index (χ1n) is 3.61. The predicted octanol–water partition coefficient (Wildman–Crippen LogP) is 3.49. The summed E-state index contributed by atoms with van der Waals surface area (Å²) < 4.78 is 0. The van der Waals surface area contributed by atoms with E-state index in [1.54, 1.807) is 11.8 Å². The van der Waals surface area contributed by atoms with Gasteiger partial charge in [-0.05, 0) is 0 Å². The zero-order chi connectivity index (χ0) is 8.36. The van der Waals surface area contributed by atoms with Gasteiger partial charge in [0.2, 0.25) is 0 Å². The van der Waals surface area contributed by atoms with Gasteiger partial charge in [0.1, 0.15) is 0 Å². The number of rotatable bonds is 7. The van der Waals surface area contributed by atoms with Crippen molar-refractivity contribution >= 4 is 35.8 Å². The van der Waals surface area contributed by atoms with Crippen molar-refractivity contribution in [3.8, 4) is 0 Å². The van der Waals surface area contributed by atoms with Crippen molar-refractivity contribution in [2.75, 3.05) is 5.75 Å². The molecule has 0 aromatic heterocycles. The zero-order valence-electron chi connectivity index (χ0n) is 6.79. The van der Waals surface area contributed by atoms with Gasteiger partial charge < -0.3 is 0 Å². The molecule has 0 aliphatic rings. The van der Waals surface area contributed by atoms with E-state index in [0.29, 0.717) is 13.8 Å². The second kappa shape index (κ2) is 10.7. The first-order chi connectivity index (χ1) is 5.41. The average molecular weight is 253 g/mol. The number of unbranched alkanes of at least 4 members (excludes halogenated alkanes) is 1. The molecule has 0 N–H and O–H groups in total. The van der Waals surface area contributed by atoms with Crippen molar-refractivity contribution in [1.29, 1.82) is 0 Å². The van der Waals surface area contributed by atoms with Gasteiger partial charge in [0.15, 0.2) is 0 Å². The summed E-state index contributed by atoms with van der Waals surface area (Å²) in [7, 11) is 2.06. The minimum atomic E-state index is 0.644. The molecular weight excluding hydrogens is 239 g/mol. The van der Waals surface area contributed by atoms with Gasteiger partial charge >= 0.3 is 83.7 Å². The van der Waals surface area contributed by atoms with Crippen molar-refractivity contribution in [2.45, 2.75) is 19.8 Å². The maximum absolute atomic E-state index is 3.62. The molecule has 0 bridgehead atoms. The van der Waals surface area contributed by atoms with E-state index in [0.717, 1.165) is 0 Å². The van der Waals surface area contributed by atoms with Crippen LogP contribution in [-0.2, 0) is 0 Å². The Hall–Kier alpha value is 0.699. The molecule has 0 unspecified atom stereocenters. The van der Waals surface area contributed by atoms with Crippen LogP contribution in [-0.4, -0.2) is 19.6 Å². The molecule has 0 radical (unpaired) electrons. The van der Waals surface area contributed by atoms with E-state index in [9.17, 15) is 0 Å². The van der Waals surface area contributed by atoms with E-state index in [-0.39, 0.29) is 0 Å². The fraction of sp³-hybridized carbons (Fsp3) is 0.500. The molecule has 0 rings (SSSR count). The van der Waals surface area contributed by atoms with Crippen molar-refractivity contribution in [3.05, 3.63) is 22.4 Å². The number of hydrogen-bond donors (Lipinski definition) is 0. The van der Waals surface area contributed by atoms with Crippen LogP contribution in [0.15, 0.2) is 22.4 Å². The van der Waals surface area contributed by atoms with Crippen molar-refractivity contribution in [2.24, 2.45) is 0 Å². The fourth-order valence-corrected chi connectivity index (χ4v) is 4.44. The molecule has 0 spiro atoms. The monoisotopic (exact) mass is 254 g/mol. The van der Waals surface area contributed by atoms with Gasteiger partial charge in [0, 0.05) is 0 Å². The Kier molecular flexibility index (Phi) is 11.4. The quantitative estimate of drug-likeness (QED) is 0.503. The van der Waals surface area contributed by atoms with E-state index in [1.165, 1.54) is 18.6 Å². The fourth-order valence-electron chi connectivity index (χ4n) is 0.401. The first kappa shape index (κ1) is 11.7. The van der Waals surface area contributed by atoms with Gasteiger partial charge in [-0.1, -0.05) is 0 Å². The summed E-state index contributed by atoms with van der Waals surface area (Å²) in [5.74, 6) is 1.32. The van der Waals surface area contributed by atoms with Crippen LogP contribution < -0.4 is 0 Å². The summed E-state index contributed by atoms with van der Waals surface area (Å²) in [5, 5.41) is 3.97. The van der Waals surface area contributed by atoms with Gasteiger partial charge in [-0.2, -0.15) is 0 Å². The molecule has 0 nitrogen and oxygen atoms in total. The first-order valence-corrected chi connectivity index (χ1v) is 8.55. The summed E-state index contributed by atoms with van der Waals surface area (Å²) in [6, 6.07) is 0. The Morgan fingerprint density at radius 2 is 2.36 bits per heavy atom. The van der Waals surface area contributed by atoms with E-state index < -0.39 is 0 Å². The number of thioether (sulfide) groups is 1. The van der Waals surface area contributed by atoms with Crippen LogP contribution in [0.25, 0.3) is 0 Å². The van der Waals surface area contributed by atoms with Gasteiger partial charge in [-0.15, -0.1) is 0 Å². The van der Waals surface area contributed by atoms with Crippen LogP contribution in [0.1, 0.15) is 19.8 Å². The van der Waals surface area contributed by atoms with E-state index in [2.05, 4.69) is 34.1 Å². The van der Waals surface area contributed by atoms with E-state index in [1.807, 2.05) is 5.41 Å². The molecule has 3 heteroatoms. The van der Waals surface area contributed by atoms with E-state index >= 15 is 0 Å². The molecule has 0 saturated carbocycles. The molecule has 0 saturated heterocycles. The molecule has 11 heavy (non-hydrogen) atoms. The summed E-state index contributed by atoms with van der Waals surface area (Å²) in [4.78, 5) is 2.25. The second-order valence-corrected chi connectivity index (χ2v) is 6.83. The van der Waals surface area contributed by atoms with Crippen LogP contribution in [0.2, 0.25) is 0 Å². The molecule has 0 aliphatic heterocycles. The summed E-state index contributed by atoms with van der Waals surface area (Å²) >= 11 is 2.30. The molecule has 0 aromatic carbocycles. The topological polar surface area (TPSA) is 0 Å². The third kappa shape index (κ3) is 10.7. The Bertz CT molecular complexity index is 113. The van der Waals surface area contributed by atoms with Crippen LogP contribution in [0.4, 0.5) is 0 Å². The van der Waals surface area contributed by atoms with Crippen molar-refractivity contribution in [3.63, 3.8) is 0 Å². The summed E-state index contributed by atoms with van der Waals surface area (Å²) in [6.45, 7) is 5.85. The Morgan fingerprint density at radius 1 is 1.55 bits per heavy atom. The molecular formula is C8H14S2Se. The van der Waals surface area contributed by atoms with Gasteiger partial charge in [0.25, 0.3) is 0 Å². The van der Waals surface area contributed by atoms with Crippen LogP contribution in [0.5, 0.6) is 0 Å². The zero-order valence-corrected chi connectivity index (χ0v) is 10.1.